The van der Waals surface area contributed by atoms with Gasteiger partial charge < -0.3 is 24.6 Å². The highest BCUT2D eigenvalue weighted by Crippen LogP contribution is 2.40. The van der Waals surface area contributed by atoms with Crippen LogP contribution in [-0.4, -0.2) is 50.8 Å². The topological polar surface area (TPSA) is 124 Å². The van der Waals surface area contributed by atoms with E-state index in [0.717, 1.165) is 22.0 Å². The van der Waals surface area contributed by atoms with Gasteiger partial charge in [-0.3, -0.25) is 0 Å². The molecule has 0 spiro atoms. The molecule has 5 rings (SSSR count). The summed E-state index contributed by atoms with van der Waals surface area (Å²) in [6, 6.07) is 14.1. The van der Waals surface area contributed by atoms with Gasteiger partial charge in [-0.1, -0.05) is 47.0 Å². The third-order valence-corrected chi connectivity index (χ3v) is 6.91. The number of halogens is 1. The van der Waals surface area contributed by atoms with Gasteiger partial charge >= 0.3 is 0 Å². The van der Waals surface area contributed by atoms with Crippen LogP contribution in [0.2, 0.25) is 5.02 Å². The van der Waals surface area contributed by atoms with Crippen molar-refractivity contribution < 1.29 is 20.1 Å². The summed E-state index contributed by atoms with van der Waals surface area (Å²) in [6.45, 7) is -0.169. The minimum absolute atomic E-state index is 0.169. The van der Waals surface area contributed by atoms with Crippen LogP contribution in [0, 0.1) is 0 Å². The number of benzene rings is 2. The molecule has 8 nitrogen and oxygen atoms in total. The monoisotopic (exact) mass is 468 g/mol. The number of hydrogen-bond acceptors (Lipinski definition) is 5. The lowest BCUT2D eigenvalue weighted by Crippen LogP contribution is -2.56. The standard InChI is InChI=1S/C24H25ClN4O4/c25-17-2-1-3-18-20(17)16(10-13-4-6-14(7-5-13)15-8-9-15)12-29(18)24-23(32)22(31)21(30)19(33-24)11-27-28-26/h1-7,12,15,19,21-24,30-32H,8-11H2/t19-,21-,22+,23-,24-/m1/s1. The van der Waals surface area contributed by atoms with Gasteiger partial charge in [-0.15, -0.1) is 0 Å². The first kappa shape index (κ1) is 22.2. The van der Waals surface area contributed by atoms with Gasteiger partial charge in [0, 0.05) is 16.5 Å². The van der Waals surface area contributed by atoms with E-state index in [4.69, 9.17) is 21.9 Å². The molecule has 0 bridgehead atoms. The van der Waals surface area contributed by atoms with Crippen molar-refractivity contribution in [1.29, 1.82) is 0 Å². The summed E-state index contributed by atoms with van der Waals surface area (Å²) in [4.78, 5) is 2.70. The SMILES string of the molecule is [N-]=[N+]=NC[C@H]1O[C@@H](n2cc(Cc3ccc(C4CC4)cc3)c3c(Cl)cccc32)[C@H](O)[C@@H](O)[C@@H]1O. The largest absolute Gasteiger partial charge is 0.388 e. The van der Waals surface area contributed by atoms with E-state index >= 15 is 0 Å². The van der Waals surface area contributed by atoms with Crippen LogP contribution in [0.4, 0.5) is 0 Å². The molecule has 1 saturated heterocycles. The molecular formula is C24H25ClN4O4. The second-order valence-electron chi connectivity index (χ2n) is 8.84. The number of ether oxygens (including phenoxy) is 1. The molecule has 1 aliphatic carbocycles. The zero-order chi connectivity index (χ0) is 23.1. The molecule has 2 aliphatic rings. The Morgan fingerprint density at radius 2 is 1.82 bits per heavy atom. The highest BCUT2D eigenvalue weighted by molar-refractivity contribution is 6.35. The minimum Gasteiger partial charge on any atom is -0.388 e. The highest BCUT2D eigenvalue weighted by atomic mass is 35.5. The summed E-state index contributed by atoms with van der Waals surface area (Å²) in [5.74, 6) is 0.695. The molecule has 1 aromatic heterocycles. The van der Waals surface area contributed by atoms with Crippen molar-refractivity contribution in [2.24, 2.45) is 5.11 Å². The van der Waals surface area contributed by atoms with Gasteiger partial charge in [0.25, 0.3) is 0 Å². The van der Waals surface area contributed by atoms with Gasteiger partial charge in [0.15, 0.2) is 6.23 Å². The molecule has 2 heterocycles. The molecule has 0 radical (unpaired) electrons. The lowest BCUT2D eigenvalue weighted by Gasteiger charge is -2.41. The van der Waals surface area contributed by atoms with Crippen LogP contribution in [0.1, 0.15) is 41.7 Å². The molecule has 3 aromatic rings. The predicted octanol–water partition coefficient (Wildman–Crippen LogP) is 4.05. The number of rotatable bonds is 6. The minimum atomic E-state index is -1.46. The van der Waals surface area contributed by atoms with E-state index in [9.17, 15) is 15.3 Å². The molecule has 2 fully saturated rings. The van der Waals surface area contributed by atoms with Gasteiger partial charge in [-0.2, -0.15) is 0 Å². The Morgan fingerprint density at radius 3 is 2.52 bits per heavy atom. The zero-order valence-corrected chi connectivity index (χ0v) is 18.6. The number of aliphatic hydroxyl groups is 3. The second-order valence-corrected chi connectivity index (χ2v) is 9.25. The molecule has 0 amide bonds. The summed E-state index contributed by atoms with van der Waals surface area (Å²) >= 11 is 6.58. The maximum Gasteiger partial charge on any atom is 0.163 e. The second kappa shape index (κ2) is 8.99. The van der Waals surface area contributed by atoms with Crippen molar-refractivity contribution in [3.05, 3.63) is 80.8 Å². The van der Waals surface area contributed by atoms with E-state index in [2.05, 4.69) is 34.3 Å². The number of aromatic nitrogens is 1. The van der Waals surface area contributed by atoms with Gasteiger partial charge in [0.05, 0.1) is 23.2 Å². The fourth-order valence-electron chi connectivity index (χ4n) is 4.67. The summed E-state index contributed by atoms with van der Waals surface area (Å²) in [6.07, 6.45) is -1.16. The van der Waals surface area contributed by atoms with Crippen molar-refractivity contribution in [1.82, 2.24) is 4.57 Å². The quantitative estimate of drug-likeness (QED) is 0.287. The molecule has 5 atom stereocenters. The number of azide groups is 1. The first-order valence-electron chi connectivity index (χ1n) is 11.0. The van der Waals surface area contributed by atoms with Gasteiger partial charge in [0.2, 0.25) is 0 Å². The highest BCUT2D eigenvalue weighted by Gasteiger charge is 2.44. The van der Waals surface area contributed by atoms with E-state index in [1.54, 1.807) is 4.57 Å². The Kier molecular flexibility index (Phi) is 6.05. The lowest BCUT2D eigenvalue weighted by molar-refractivity contribution is -0.241. The molecular weight excluding hydrogens is 444 g/mol. The van der Waals surface area contributed by atoms with E-state index in [1.165, 1.54) is 18.4 Å². The van der Waals surface area contributed by atoms with Gasteiger partial charge in [-0.25, -0.2) is 0 Å². The Balaban J connectivity index is 1.51. The fraction of sp³-hybridized carbons (Fsp3) is 0.417. The summed E-state index contributed by atoms with van der Waals surface area (Å²) in [5, 5.41) is 36.3. The zero-order valence-electron chi connectivity index (χ0n) is 17.8. The summed E-state index contributed by atoms with van der Waals surface area (Å²) in [7, 11) is 0. The van der Waals surface area contributed by atoms with Crippen molar-refractivity contribution in [2.75, 3.05) is 6.54 Å². The van der Waals surface area contributed by atoms with Crippen LogP contribution in [-0.2, 0) is 11.2 Å². The van der Waals surface area contributed by atoms with E-state index in [1.807, 2.05) is 24.4 Å². The van der Waals surface area contributed by atoms with Crippen molar-refractivity contribution in [2.45, 2.75) is 55.8 Å². The maximum atomic E-state index is 10.7. The molecule has 0 unspecified atom stereocenters. The van der Waals surface area contributed by atoms with Crippen LogP contribution >= 0.6 is 11.6 Å². The number of fused-ring (bicyclic) bond motifs is 1. The molecule has 3 N–H and O–H groups in total. The molecule has 9 heteroatoms. The van der Waals surface area contributed by atoms with Crippen molar-refractivity contribution in [3.63, 3.8) is 0 Å². The summed E-state index contributed by atoms with van der Waals surface area (Å²) < 4.78 is 7.66. The smallest absolute Gasteiger partial charge is 0.163 e. The van der Waals surface area contributed by atoms with Crippen molar-refractivity contribution >= 4 is 22.5 Å². The van der Waals surface area contributed by atoms with Crippen LogP contribution < -0.4 is 0 Å². The molecule has 1 aliphatic heterocycles. The molecule has 172 valence electrons. The van der Waals surface area contributed by atoms with Crippen LogP contribution in [0.15, 0.2) is 53.8 Å². The third kappa shape index (κ3) is 4.22. The maximum absolute atomic E-state index is 10.7. The van der Waals surface area contributed by atoms with Crippen LogP contribution in [0.25, 0.3) is 21.3 Å². The average Bonchev–Trinajstić information content (AvgIpc) is 3.60. The van der Waals surface area contributed by atoms with E-state index in [-0.39, 0.29) is 6.54 Å². The van der Waals surface area contributed by atoms with Gasteiger partial charge in [0.1, 0.15) is 18.3 Å². The van der Waals surface area contributed by atoms with E-state index in [0.29, 0.717) is 17.4 Å². The molecule has 33 heavy (non-hydrogen) atoms. The number of nitrogens with zero attached hydrogens (tertiary/aromatic N) is 4. The normalized spacial score (nSPS) is 27.5. The number of aliphatic hydroxyl groups excluding tert-OH is 3. The molecule has 2 aromatic carbocycles. The van der Waals surface area contributed by atoms with E-state index < -0.39 is 30.6 Å². The third-order valence-electron chi connectivity index (χ3n) is 6.59. The van der Waals surface area contributed by atoms with Crippen molar-refractivity contribution in [3.8, 4) is 0 Å². The number of hydrogen-bond donors (Lipinski definition) is 3. The lowest BCUT2D eigenvalue weighted by atomic mass is 9.98. The fourth-order valence-corrected chi connectivity index (χ4v) is 4.96. The van der Waals surface area contributed by atoms with Gasteiger partial charge in [-0.05, 0) is 59.5 Å². The van der Waals surface area contributed by atoms with Crippen LogP contribution in [0.5, 0.6) is 0 Å². The Labute approximate surface area is 195 Å². The first-order chi connectivity index (χ1) is 16.0. The molecule has 1 saturated carbocycles. The average molecular weight is 469 g/mol. The Bertz CT molecular complexity index is 1200. The predicted molar refractivity (Wildman–Crippen MR) is 124 cm³/mol. The Morgan fingerprint density at radius 1 is 1.06 bits per heavy atom. The van der Waals surface area contributed by atoms with Crippen LogP contribution in [0.3, 0.4) is 0 Å². The Hall–Kier alpha value is -2.58. The first-order valence-corrected chi connectivity index (χ1v) is 11.4. The summed E-state index contributed by atoms with van der Waals surface area (Å²) in [5.41, 5.74) is 12.8.